The quantitative estimate of drug-likeness (QED) is 0.412. The Labute approximate surface area is 198 Å². The topological polar surface area (TPSA) is 108 Å². The third-order valence-electron chi connectivity index (χ3n) is 4.95. The third-order valence-corrected chi connectivity index (χ3v) is 4.95. The van der Waals surface area contributed by atoms with E-state index in [0.717, 1.165) is 24.8 Å². The number of rotatable bonds is 12. The minimum atomic E-state index is -1.23. The van der Waals surface area contributed by atoms with Crippen molar-refractivity contribution < 1.29 is 24.2 Å². The van der Waals surface area contributed by atoms with Crippen LogP contribution in [0.2, 0.25) is 0 Å². The molecule has 2 unspecified atom stereocenters. The predicted octanol–water partition coefficient (Wildman–Crippen LogP) is 3.47. The van der Waals surface area contributed by atoms with Crippen LogP contribution >= 0.6 is 0 Å². The van der Waals surface area contributed by atoms with Crippen LogP contribution in [-0.4, -0.2) is 59.3 Å². The van der Waals surface area contributed by atoms with Crippen molar-refractivity contribution in [3.8, 4) is 0 Å². The standard InChI is InChI=1S/C25H41N3O5/c1-7-9-14-26-22(30)21(19-13-11-12-18(3)16-19)28(15-10-8-2)23(31)20(17-29)27-24(32)33-25(4,5)6/h11-13,16,20-21,29H,7-10,14-15,17H2,1-6H3,(H,26,30)(H,27,32). The zero-order valence-electron chi connectivity index (χ0n) is 20.9. The average molecular weight is 464 g/mol. The second-order valence-corrected chi connectivity index (χ2v) is 9.23. The fourth-order valence-electron chi connectivity index (χ4n) is 3.33. The number of aliphatic hydroxyl groups is 1. The minimum Gasteiger partial charge on any atom is -0.444 e. The lowest BCUT2D eigenvalue weighted by Crippen LogP contribution is -2.54. The van der Waals surface area contributed by atoms with Gasteiger partial charge in [0.2, 0.25) is 11.8 Å². The molecule has 0 aliphatic rings. The molecule has 1 rings (SSSR count). The summed E-state index contributed by atoms with van der Waals surface area (Å²) in [6.07, 6.45) is 2.44. The van der Waals surface area contributed by atoms with E-state index in [2.05, 4.69) is 10.6 Å². The fraction of sp³-hybridized carbons (Fsp3) is 0.640. The van der Waals surface area contributed by atoms with Crippen LogP contribution in [0.25, 0.3) is 0 Å². The summed E-state index contributed by atoms with van der Waals surface area (Å²) < 4.78 is 5.24. The van der Waals surface area contributed by atoms with Crippen LogP contribution in [0.3, 0.4) is 0 Å². The molecule has 0 aliphatic carbocycles. The van der Waals surface area contributed by atoms with E-state index in [0.29, 0.717) is 25.1 Å². The molecule has 8 heteroatoms. The number of aliphatic hydroxyl groups excluding tert-OH is 1. The van der Waals surface area contributed by atoms with Crippen LogP contribution in [0.4, 0.5) is 4.79 Å². The van der Waals surface area contributed by atoms with Gasteiger partial charge >= 0.3 is 6.09 Å². The number of nitrogens with zero attached hydrogens (tertiary/aromatic N) is 1. The number of carbonyl (C=O) groups is 3. The lowest BCUT2D eigenvalue weighted by molar-refractivity contribution is -0.143. The number of ether oxygens (including phenoxy) is 1. The monoisotopic (exact) mass is 463 g/mol. The molecule has 0 aromatic heterocycles. The zero-order valence-corrected chi connectivity index (χ0v) is 20.9. The molecule has 1 aromatic carbocycles. The molecule has 8 nitrogen and oxygen atoms in total. The van der Waals surface area contributed by atoms with E-state index >= 15 is 0 Å². The van der Waals surface area contributed by atoms with Gasteiger partial charge in [0.05, 0.1) is 6.61 Å². The predicted molar refractivity (Wildman–Crippen MR) is 129 cm³/mol. The minimum absolute atomic E-state index is 0.285. The summed E-state index contributed by atoms with van der Waals surface area (Å²) in [4.78, 5) is 40.5. The molecule has 0 spiro atoms. The Morgan fingerprint density at radius 2 is 1.79 bits per heavy atom. The molecular weight excluding hydrogens is 422 g/mol. The van der Waals surface area contributed by atoms with E-state index in [9.17, 15) is 19.5 Å². The number of aryl methyl sites for hydroxylation is 1. The van der Waals surface area contributed by atoms with Crippen LogP contribution in [0.15, 0.2) is 24.3 Å². The van der Waals surface area contributed by atoms with Gasteiger partial charge in [-0.15, -0.1) is 0 Å². The maximum absolute atomic E-state index is 13.5. The van der Waals surface area contributed by atoms with Gasteiger partial charge in [0, 0.05) is 13.1 Å². The highest BCUT2D eigenvalue weighted by Crippen LogP contribution is 2.24. The zero-order chi connectivity index (χ0) is 25.0. The highest BCUT2D eigenvalue weighted by molar-refractivity contribution is 5.92. The van der Waals surface area contributed by atoms with Crippen molar-refractivity contribution in [2.75, 3.05) is 19.7 Å². The van der Waals surface area contributed by atoms with Crippen LogP contribution in [0.5, 0.6) is 0 Å². The number of benzene rings is 1. The van der Waals surface area contributed by atoms with Gasteiger partial charge in [0.15, 0.2) is 0 Å². The van der Waals surface area contributed by atoms with Gasteiger partial charge in [0.1, 0.15) is 17.7 Å². The van der Waals surface area contributed by atoms with Gasteiger partial charge in [-0.25, -0.2) is 4.79 Å². The number of alkyl carbamates (subject to hydrolysis) is 1. The van der Waals surface area contributed by atoms with Crippen molar-refractivity contribution >= 4 is 17.9 Å². The summed E-state index contributed by atoms with van der Waals surface area (Å²) in [6.45, 7) is 11.3. The van der Waals surface area contributed by atoms with E-state index in [1.165, 1.54) is 4.90 Å². The van der Waals surface area contributed by atoms with Crippen molar-refractivity contribution in [3.63, 3.8) is 0 Å². The van der Waals surface area contributed by atoms with Crippen LogP contribution in [0.1, 0.15) is 77.5 Å². The molecule has 2 atom stereocenters. The summed E-state index contributed by atoms with van der Waals surface area (Å²) in [5.41, 5.74) is 0.896. The summed E-state index contributed by atoms with van der Waals surface area (Å²) in [6, 6.07) is 5.36. The molecule has 0 saturated heterocycles. The molecule has 186 valence electrons. The van der Waals surface area contributed by atoms with Gasteiger partial charge < -0.3 is 25.4 Å². The summed E-state index contributed by atoms with van der Waals surface area (Å²) in [7, 11) is 0. The van der Waals surface area contributed by atoms with E-state index in [4.69, 9.17) is 4.74 Å². The molecule has 3 N–H and O–H groups in total. The van der Waals surface area contributed by atoms with Crippen LogP contribution in [-0.2, 0) is 14.3 Å². The first-order chi connectivity index (χ1) is 15.5. The molecule has 3 amide bonds. The number of hydrogen-bond acceptors (Lipinski definition) is 5. The van der Waals surface area contributed by atoms with Gasteiger partial charge in [-0.3, -0.25) is 9.59 Å². The van der Waals surface area contributed by atoms with Crippen molar-refractivity contribution in [2.45, 2.75) is 84.9 Å². The summed E-state index contributed by atoms with van der Waals surface area (Å²) >= 11 is 0. The van der Waals surface area contributed by atoms with Crippen LogP contribution < -0.4 is 10.6 Å². The van der Waals surface area contributed by atoms with E-state index in [1.54, 1.807) is 20.8 Å². The van der Waals surface area contributed by atoms with Crippen molar-refractivity contribution in [1.29, 1.82) is 0 Å². The van der Waals surface area contributed by atoms with E-state index in [1.807, 2.05) is 45.0 Å². The Morgan fingerprint density at radius 1 is 1.12 bits per heavy atom. The average Bonchev–Trinajstić information content (AvgIpc) is 2.73. The fourth-order valence-corrected chi connectivity index (χ4v) is 3.33. The Morgan fingerprint density at radius 3 is 2.33 bits per heavy atom. The van der Waals surface area contributed by atoms with E-state index < -0.39 is 36.3 Å². The maximum Gasteiger partial charge on any atom is 0.408 e. The normalized spacial score (nSPS) is 13.1. The molecule has 0 aliphatic heterocycles. The lowest BCUT2D eigenvalue weighted by atomic mass is 10.0. The highest BCUT2D eigenvalue weighted by atomic mass is 16.6. The number of hydrogen-bond donors (Lipinski definition) is 3. The molecule has 0 fully saturated rings. The van der Waals surface area contributed by atoms with Crippen LogP contribution in [0, 0.1) is 6.92 Å². The Kier molecular flexibility index (Phi) is 11.9. The Balaban J connectivity index is 3.30. The van der Waals surface area contributed by atoms with E-state index in [-0.39, 0.29) is 5.91 Å². The second-order valence-electron chi connectivity index (χ2n) is 9.23. The number of carbonyl (C=O) groups excluding carboxylic acids is 3. The second kappa shape index (κ2) is 13.8. The van der Waals surface area contributed by atoms with Crippen molar-refractivity contribution in [1.82, 2.24) is 15.5 Å². The Hall–Kier alpha value is -2.61. The maximum atomic E-state index is 13.5. The molecule has 1 aromatic rings. The third kappa shape index (κ3) is 9.82. The molecule has 0 heterocycles. The SMILES string of the molecule is CCCCNC(=O)C(c1cccc(C)c1)N(CCCC)C(=O)C(CO)NC(=O)OC(C)(C)C. The lowest BCUT2D eigenvalue weighted by Gasteiger charge is -2.34. The first-order valence-electron chi connectivity index (χ1n) is 11.8. The smallest absolute Gasteiger partial charge is 0.408 e. The van der Waals surface area contributed by atoms with Gasteiger partial charge in [-0.1, -0.05) is 56.5 Å². The number of amides is 3. The first-order valence-corrected chi connectivity index (χ1v) is 11.8. The van der Waals surface area contributed by atoms with Crippen molar-refractivity contribution in [2.24, 2.45) is 0 Å². The summed E-state index contributed by atoms with van der Waals surface area (Å²) in [5, 5.41) is 15.3. The molecular formula is C25H41N3O5. The molecule has 0 saturated carbocycles. The Bertz CT molecular complexity index is 776. The largest absolute Gasteiger partial charge is 0.444 e. The molecule has 0 radical (unpaired) electrons. The number of unbranched alkanes of at least 4 members (excludes halogenated alkanes) is 2. The first kappa shape index (κ1) is 28.4. The molecule has 0 bridgehead atoms. The summed E-state index contributed by atoms with van der Waals surface area (Å²) in [5.74, 6) is -0.818. The van der Waals surface area contributed by atoms with Gasteiger partial charge in [-0.05, 0) is 46.1 Å². The van der Waals surface area contributed by atoms with Crippen molar-refractivity contribution in [3.05, 3.63) is 35.4 Å². The van der Waals surface area contributed by atoms with Gasteiger partial charge in [0.25, 0.3) is 0 Å². The van der Waals surface area contributed by atoms with Gasteiger partial charge in [-0.2, -0.15) is 0 Å². The highest BCUT2D eigenvalue weighted by Gasteiger charge is 2.35. The molecule has 33 heavy (non-hydrogen) atoms. The number of nitrogens with one attached hydrogen (secondary N) is 2.